The maximum absolute atomic E-state index is 12.8. The number of benzene rings is 2. The van der Waals surface area contributed by atoms with Gasteiger partial charge in [0.25, 0.3) is 0 Å². The summed E-state index contributed by atoms with van der Waals surface area (Å²) in [5.41, 5.74) is 3.51. The molecule has 2 aromatic heterocycles. The SMILES string of the molecule is CCOC(=O)c1c(-c2ccccc2)csc1NC(=O)Cc1coc2ccc(Br)cc12. The molecule has 4 rings (SSSR count). The summed E-state index contributed by atoms with van der Waals surface area (Å²) in [6.45, 7) is 2.01. The van der Waals surface area contributed by atoms with Gasteiger partial charge in [-0.15, -0.1) is 11.3 Å². The van der Waals surface area contributed by atoms with Crippen LogP contribution in [0.1, 0.15) is 22.8 Å². The van der Waals surface area contributed by atoms with Gasteiger partial charge >= 0.3 is 5.97 Å². The number of carbonyl (C=O) groups is 2. The first-order chi connectivity index (χ1) is 14.6. The number of thiophene rings is 1. The molecule has 4 aromatic rings. The van der Waals surface area contributed by atoms with Crippen LogP contribution in [0.3, 0.4) is 0 Å². The molecule has 0 unspecified atom stereocenters. The van der Waals surface area contributed by atoms with Crippen molar-refractivity contribution in [2.45, 2.75) is 13.3 Å². The number of amides is 1. The minimum Gasteiger partial charge on any atom is -0.464 e. The van der Waals surface area contributed by atoms with Gasteiger partial charge in [-0.25, -0.2) is 4.79 Å². The predicted molar refractivity (Wildman–Crippen MR) is 122 cm³/mol. The van der Waals surface area contributed by atoms with Crippen LogP contribution in [0.4, 0.5) is 5.00 Å². The zero-order valence-electron chi connectivity index (χ0n) is 16.1. The maximum atomic E-state index is 12.8. The molecule has 0 spiro atoms. The maximum Gasteiger partial charge on any atom is 0.341 e. The highest BCUT2D eigenvalue weighted by atomic mass is 79.9. The highest BCUT2D eigenvalue weighted by Crippen LogP contribution is 2.36. The number of esters is 1. The average Bonchev–Trinajstić information content (AvgIpc) is 3.33. The molecule has 0 atom stereocenters. The zero-order valence-corrected chi connectivity index (χ0v) is 18.5. The van der Waals surface area contributed by atoms with Gasteiger partial charge in [-0.05, 0) is 30.7 Å². The summed E-state index contributed by atoms with van der Waals surface area (Å²) in [5.74, 6) is -0.685. The Kier molecular flexibility index (Phi) is 6.01. The number of fused-ring (bicyclic) bond motifs is 1. The molecule has 0 aliphatic heterocycles. The summed E-state index contributed by atoms with van der Waals surface area (Å²) in [6, 6.07) is 15.2. The molecule has 2 aromatic carbocycles. The van der Waals surface area contributed by atoms with Crippen molar-refractivity contribution in [3.8, 4) is 11.1 Å². The third kappa shape index (κ3) is 4.17. The van der Waals surface area contributed by atoms with Gasteiger partial charge in [0.05, 0.1) is 19.3 Å². The van der Waals surface area contributed by atoms with Crippen LogP contribution in [-0.4, -0.2) is 18.5 Å². The van der Waals surface area contributed by atoms with Crippen LogP contribution in [-0.2, 0) is 16.0 Å². The number of rotatable bonds is 6. The monoisotopic (exact) mass is 483 g/mol. The molecule has 1 N–H and O–H groups in total. The van der Waals surface area contributed by atoms with Gasteiger partial charge in [0.2, 0.25) is 5.91 Å². The van der Waals surface area contributed by atoms with E-state index in [-0.39, 0.29) is 18.9 Å². The average molecular weight is 484 g/mol. The van der Waals surface area contributed by atoms with Crippen molar-refractivity contribution >= 4 is 55.1 Å². The first-order valence-electron chi connectivity index (χ1n) is 9.36. The molecule has 0 radical (unpaired) electrons. The van der Waals surface area contributed by atoms with Crippen LogP contribution >= 0.6 is 27.3 Å². The number of anilines is 1. The standard InChI is InChI=1S/C23H18BrNO4S/c1-2-28-23(27)21-18(14-6-4-3-5-7-14)13-30-22(21)25-20(26)10-15-12-29-19-9-8-16(24)11-17(15)19/h3-9,11-13H,2,10H2,1H3,(H,25,26). The number of nitrogens with one attached hydrogen (secondary N) is 1. The molecule has 0 saturated carbocycles. The highest BCUT2D eigenvalue weighted by molar-refractivity contribution is 9.10. The number of carbonyl (C=O) groups excluding carboxylic acids is 2. The smallest absolute Gasteiger partial charge is 0.341 e. The summed E-state index contributed by atoms with van der Waals surface area (Å²) >= 11 is 4.75. The fraction of sp³-hybridized carbons (Fsp3) is 0.130. The van der Waals surface area contributed by atoms with Crippen molar-refractivity contribution in [3.05, 3.63) is 75.8 Å². The Morgan fingerprint density at radius 3 is 2.73 bits per heavy atom. The van der Waals surface area contributed by atoms with Crippen molar-refractivity contribution in [1.29, 1.82) is 0 Å². The van der Waals surface area contributed by atoms with E-state index < -0.39 is 5.97 Å². The molecule has 2 heterocycles. The van der Waals surface area contributed by atoms with Gasteiger partial charge in [0.15, 0.2) is 0 Å². The van der Waals surface area contributed by atoms with Crippen LogP contribution in [0.2, 0.25) is 0 Å². The quantitative estimate of drug-likeness (QED) is 0.327. The molecule has 7 heteroatoms. The van der Waals surface area contributed by atoms with Gasteiger partial charge in [-0.2, -0.15) is 0 Å². The Morgan fingerprint density at radius 2 is 1.97 bits per heavy atom. The second-order valence-electron chi connectivity index (χ2n) is 6.57. The largest absolute Gasteiger partial charge is 0.464 e. The van der Waals surface area contributed by atoms with Crippen molar-refractivity contribution in [3.63, 3.8) is 0 Å². The van der Waals surface area contributed by atoms with E-state index in [1.165, 1.54) is 11.3 Å². The zero-order chi connectivity index (χ0) is 21.1. The van der Waals surface area contributed by atoms with Gasteiger partial charge in [0, 0.05) is 26.4 Å². The molecule has 30 heavy (non-hydrogen) atoms. The molecule has 152 valence electrons. The summed E-state index contributed by atoms with van der Waals surface area (Å²) in [5, 5.41) is 6.10. The number of ether oxygens (including phenoxy) is 1. The minimum atomic E-state index is -0.453. The number of furan rings is 1. The third-order valence-corrected chi connectivity index (χ3v) is 5.96. The summed E-state index contributed by atoms with van der Waals surface area (Å²) in [7, 11) is 0. The predicted octanol–water partition coefficient (Wildman–Crippen LogP) is 6.28. The van der Waals surface area contributed by atoms with Crippen LogP contribution in [0, 0.1) is 0 Å². The van der Waals surface area contributed by atoms with Crippen molar-refractivity contribution in [1.82, 2.24) is 0 Å². The summed E-state index contributed by atoms with van der Waals surface area (Å²) < 4.78 is 11.7. The van der Waals surface area contributed by atoms with Crippen LogP contribution in [0.25, 0.3) is 22.1 Å². The van der Waals surface area contributed by atoms with E-state index in [9.17, 15) is 9.59 Å². The van der Waals surface area contributed by atoms with Crippen LogP contribution < -0.4 is 5.32 Å². The Balaban J connectivity index is 1.62. The minimum absolute atomic E-state index is 0.129. The lowest BCUT2D eigenvalue weighted by atomic mass is 10.0. The lowest BCUT2D eigenvalue weighted by molar-refractivity contribution is -0.115. The first-order valence-corrected chi connectivity index (χ1v) is 11.0. The number of hydrogen-bond acceptors (Lipinski definition) is 5. The molecule has 0 saturated heterocycles. The number of hydrogen-bond donors (Lipinski definition) is 1. The lowest BCUT2D eigenvalue weighted by Gasteiger charge is -2.08. The van der Waals surface area contributed by atoms with Crippen molar-refractivity contribution in [2.75, 3.05) is 11.9 Å². The second kappa shape index (κ2) is 8.85. The van der Waals surface area contributed by atoms with E-state index in [0.29, 0.717) is 10.6 Å². The Bertz CT molecular complexity index is 1210. The van der Waals surface area contributed by atoms with Gasteiger partial charge in [-0.3, -0.25) is 4.79 Å². The van der Waals surface area contributed by atoms with Crippen LogP contribution in [0.5, 0.6) is 0 Å². The van der Waals surface area contributed by atoms with E-state index in [1.54, 1.807) is 13.2 Å². The van der Waals surface area contributed by atoms with E-state index in [0.717, 1.165) is 32.1 Å². The molecule has 1 amide bonds. The molecule has 0 bridgehead atoms. The highest BCUT2D eigenvalue weighted by Gasteiger charge is 2.23. The lowest BCUT2D eigenvalue weighted by Crippen LogP contribution is -2.16. The fourth-order valence-corrected chi connectivity index (χ4v) is 4.56. The third-order valence-electron chi connectivity index (χ3n) is 4.58. The van der Waals surface area contributed by atoms with Crippen molar-refractivity contribution < 1.29 is 18.7 Å². The Morgan fingerprint density at radius 1 is 1.17 bits per heavy atom. The topological polar surface area (TPSA) is 68.5 Å². The second-order valence-corrected chi connectivity index (χ2v) is 8.36. The first kappa shape index (κ1) is 20.4. The normalized spacial score (nSPS) is 10.9. The van der Waals surface area contributed by atoms with Gasteiger partial charge in [-0.1, -0.05) is 46.3 Å². The summed E-state index contributed by atoms with van der Waals surface area (Å²) in [4.78, 5) is 25.4. The van der Waals surface area contributed by atoms with Crippen molar-refractivity contribution in [2.24, 2.45) is 0 Å². The van der Waals surface area contributed by atoms with Crippen LogP contribution in [0.15, 0.2) is 69.1 Å². The van der Waals surface area contributed by atoms with E-state index in [2.05, 4.69) is 21.2 Å². The Labute approximate surface area is 185 Å². The van der Waals surface area contributed by atoms with E-state index in [4.69, 9.17) is 9.15 Å². The van der Waals surface area contributed by atoms with Gasteiger partial charge < -0.3 is 14.5 Å². The summed E-state index contributed by atoms with van der Waals surface area (Å²) in [6.07, 6.45) is 1.72. The molecule has 5 nitrogen and oxygen atoms in total. The molecule has 0 aliphatic rings. The molecule has 0 fully saturated rings. The molecular weight excluding hydrogens is 466 g/mol. The Hall–Kier alpha value is -2.90. The van der Waals surface area contributed by atoms with Gasteiger partial charge in [0.1, 0.15) is 16.1 Å². The van der Waals surface area contributed by atoms with E-state index >= 15 is 0 Å². The molecule has 0 aliphatic carbocycles. The molecular formula is C23H18BrNO4S. The number of halogens is 1. The fourth-order valence-electron chi connectivity index (χ4n) is 3.22. The van der Waals surface area contributed by atoms with E-state index in [1.807, 2.05) is 53.9 Å².